The van der Waals surface area contributed by atoms with Crippen LogP contribution in [0, 0.1) is 6.92 Å². The van der Waals surface area contributed by atoms with Gasteiger partial charge in [0.1, 0.15) is 0 Å². The van der Waals surface area contributed by atoms with Gasteiger partial charge < -0.3 is 9.64 Å². The van der Waals surface area contributed by atoms with Crippen molar-refractivity contribution in [1.82, 2.24) is 15.0 Å². The van der Waals surface area contributed by atoms with E-state index in [1.54, 1.807) is 11.3 Å². The van der Waals surface area contributed by atoms with Crippen LogP contribution in [0.15, 0.2) is 11.4 Å². The lowest BCUT2D eigenvalue weighted by molar-refractivity contribution is 0.122. The Balaban J connectivity index is 1.95. The molecule has 2 aromatic rings. The Morgan fingerprint density at radius 1 is 1.26 bits per heavy atom. The number of hydrogen-bond acceptors (Lipinski definition) is 6. The number of ether oxygens (including phenoxy) is 1. The van der Waals surface area contributed by atoms with Gasteiger partial charge >= 0.3 is 0 Å². The molecule has 7 heteroatoms. The molecule has 100 valence electrons. The first-order valence-corrected chi connectivity index (χ1v) is 7.28. The molecule has 1 fully saturated rings. The number of aromatic nitrogens is 3. The average molecular weight is 297 g/mol. The van der Waals surface area contributed by atoms with E-state index in [1.165, 1.54) is 4.88 Å². The molecular formula is C12H13ClN4OS. The number of hydrogen-bond donors (Lipinski definition) is 0. The van der Waals surface area contributed by atoms with Crippen LogP contribution in [-0.4, -0.2) is 41.3 Å². The summed E-state index contributed by atoms with van der Waals surface area (Å²) in [4.78, 5) is 16.2. The SMILES string of the molecule is Cc1cc(-c2nc(Cl)nc(N3CCOCC3)n2)cs1. The van der Waals surface area contributed by atoms with Gasteiger partial charge in [-0.25, -0.2) is 0 Å². The summed E-state index contributed by atoms with van der Waals surface area (Å²) in [7, 11) is 0. The summed E-state index contributed by atoms with van der Waals surface area (Å²) in [6, 6.07) is 2.05. The number of rotatable bonds is 2. The largest absolute Gasteiger partial charge is 0.378 e. The fourth-order valence-electron chi connectivity index (χ4n) is 1.93. The van der Waals surface area contributed by atoms with Gasteiger partial charge in [0.25, 0.3) is 0 Å². The fraction of sp³-hybridized carbons (Fsp3) is 0.417. The second-order valence-electron chi connectivity index (χ2n) is 4.27. The predicted octanol–water partition coefficient (Wildman–Crippen LogP) is 2.40. The van der Waals surface area contributed by atoms with E-state index >= 15 is 0 Å². The van der Waals surface area contributed by atoms with Crippen LogP contribution in [0.2, 0.25) is 5.28 Å². The van der Waals surface area contributed by atoms with E-state index in [9.17, 15) is 0 Å². The Labute approximate surface area is 120 Å². The van der Waals surface area contributed by atoms with Gasteiger partial charge in [-0.05, 0) is 24.6 Å². The summed E-state index contributed by atoms with van der Waals surface area (Å²) in [5.74, 6) is 1.26. The van der Waals surface area contributed by atoms with Crippen molar-refractivity contribution in [3.8, 4) is 11.4 Å². The number of halogens is 1. The Morgan fingerprint density at radius 2 is 2.05 bits per heavy atom. The van der Waals surface area contributed by atoms with Crippen LogP contribution < -0.4 is 4.90 Å². The van der Waals surface area contributed by atoms with Gasteiger partial charge in [-0.3, -0.25) is 0 Å². The maximum Gasteiger partial charge on any atom is 0.230 e. The number of nitrogens with zero attached hydrogens (tertiary/aromatic N) is 4. The second kappa shape index (κ2) is 5.40. The molecule has 1 saturated heterocycles. The average Bonchev–Trinajstić information content (AvgIpc) is 2.86. The van der Waals surface area contributed by atoms with Gasteiger partial charge in [0, 0.05) is 28.9 Å². The zero-order chi connectivity index (χ0) is 13.2. The molecule has 0 spiro atoms. The molecule has 0 unspecified atom stereocenters. The Bertz CT molecular complexity index is 583. The minimum Gasteiger partial charge on any atom is -0.378 e. The van der Waals surface area contributed by atoms with E-state index in [1.807, 2.05) is 5.38 Å². The highest BCUT2D eigenvalue weighted by Gasteiger charge is 2.16. The van der Waals surface area contributed by atoms with Gasteiger partial charge in [-0.2, -0.15) is 15.0 Å². The molecule has 0 amide bonds. The van der Waals surface area contributed by atoms with Gasteiger partial charge in [0.2, 0.25) is 11.2 Å². The summed E-state index contributed by atoms with van der Waals surface area (Å²) in [6.07, 6.45) is 0. The van der Waals surface area contributed by atoms with Gasteiger partial charge in [0.15, 0.2) is 5.82 Å². The minimum absolute atomic E-state index is 0.232. The Hall–Kier alpha value is -1.24. The van der Waals surface area contributed by atoms with Crippen LogP contribution in [0.3, 0.4) is 0 Å². The molecule has 0 atom stereocenters. The third-order valence-corrected chi connectivity index (χ3v) is 3.91. The predicted molar refractivity (Wildman–Crippen MR) is 75.9 cm³/mol. The van der Waals surface area contributed by atoms with Crippen molar-refractivity contribution in [2.75, 3.05) is 31.2 Å². The lowest BCUT2D eigenvalue weighted by Crippen LogP contribution is -2.37. The van der Waals surface area contributed by atoms with Crippen molar-refractivity contribution in [2.24, 2.45) is 0 Å². The topological polar surface area (TPSA) is 51.1 Å². The van der Waals surface area contributed by atoms with Crippen LogP contribution in [0.5, 0.6) is 0 Å². The molecule has 3 rings (SSSR count). The summed E-state index contributed by atoms with van der Waals surface area (Å²) in [5.41, 5.74) is 0.987. The first kappa shape index (κ1) is 12.8. The molecule has 1 aliphatic heterocycles. The van der Waals surface area contributed by atoms with Crippen molar-refractivity contribution in [3.05, 3.63) is 21.6 Å². The molecular weight excluding hydrogens is 284 g/mol. The normalized spacial score (nSPS) is 15.8. The van der Waals surface area contributed by atoms with Crippen molar-refractivity contribution in [1.29, 1.82) is 0 Å². The van der Waals surface area contributed by atoms with E-state index in [4.69, 9.17) is 16.3 Å². The monoisotopic (exact) mass is 296 g/mol. The molecule has 2 aromatic heterocycles. The molecule has 5 nitrogen and oxygen atoms in total. The van der Waals surface area contributed by atoms with Crippen LogP contribution in [0.25, 0.3) is 11.4 Å². The van der Waals surface area contributed by atoms with E-state index in [2.05, 4.69) is 32.8 Å². The van der Waals surface area contributed by atoms with E-state index in [-0.39, 0.29) is 5.28 Å². The molecule has 19 heavy (non-hydrogen) atoms. The van der Waals surface area contributed by atoms with E-state index < -0.39 is 0 Å². The molecule has 0 bridgehead atoms. The zero-order valence-electron chi connectivity index (χ0n) is 10.5. The number of morpholine rings is 1. The third kappa shape index (κ3) is 2.86. The highest BCUT2D eigenvalue weighted by Crippen LogP contribution is 2.24. The number of anilines is 1. The minimum atomic E-state index is 0.232. The maximum atomic E-state index is 6.01. The quantitative estimate of drug-likeness (QED) is 0.852. The highest BCUT2D eigenvalue weighted by molar-refractivity contribution is 7.10. The number of aryl methyl sites for hydroxylation is 1. The molecule has 0 radical (unpaired) electrons. The first-order valence-electron chi connectivity index (χ1n) is 6.02. The van der Waals surface area contributed by atoms with Gasteiger partial charge in [0.05, 0.1) is 13.2 Å². The molecule has 0 N–H and O–H groups in total. The zero-order valence-corrected chi connectivity index (χ0v) is 12.0. The van der Waals surface area contributed by atoms with E-state index in [0.717, 1.165) is 18.7 Å². The lowest BCUT2D eigenvalue weighted by atomic mass is 10.3. The fourth-order valence-corrected chi connectivity index (χ4v) is 2.77. The highest BCUT2D eigenvalue weighted by atomic mass is 35.5. The Morgan fingerprint density at radius 3 is 2.74 bits per heavy atom. The van der Waals surface area contributed by atoms with Crippen molar-refractivity contribution in [2.45, 2.75) is 6.92 Å². The van der Waals surface area contributed by atoms with Crippen molar-refractivity contribution < 1.29 is 4.74 Å². The van der Waals surface area contributed by atoms with Crippen molar-refractivity contribution >= 4 is 28.9 Å². The van der Waals surface area contributed by atoms with Gasteiger partial charge in [-0.15, -0.1) is 11.3 Å². The summed E-state index contributed by atoms with van der Waals surface area (Å²) >= 11 is 7.68. The molecule has 1 aliphatic rings. The lowest BCUT2D eigenvalue weighted by Gasteiger charge is -2.26. The summed E-state index contributed by atoms with van der Waals surface area (Å²) in [5, 5.41) is 2.26. The van der Waals surface area contributed by atoms with Crippen LogP contribution in [-0.2, 0) is 4.74 Å². The second-order valence-corrected chi connectivity index (χ2v) is 5.73. The molecule has 0 saturated carbocycles. The Kier molecular flexibility index (Phi) is 3.63. The molecule has 0 aromatic carbocycles. The summed E-state index contributed by atoms with van der Waals surface area (Å²) < 4.78 is 5.33. The maximum absolute atomic E-state index is 6.01. The van der Waals surface area contributed by atoms with Crippen molar-refractivity contribution in [3.63, 3.8) is 0 Å². The van der Waals surface area contributed by atoms with Crippen LogP contribution in [0.4, 0.5) is 5.95 Å². The molecule has 0 aliphatic carbocycles. The van der Waals surface area contributed by atoms with E-state index in [0.29, 0.717) is 25.0 Å². The third-order valence-electron chi connectivity index (χ3n) is 2.88. The molecule has 3 heterocycles. The standard InChI is InChI=1S/C12H13ClN4OS/c1-8-6-9(7-19-8)10-14-11(13)16-12(15-10)17-2-4-18-5-3-17/h6-7H,2-5H2,1H3. The summed E-state index contributed by atoms with van der Waals surface area (Å²) in [6.45, 7) is 5.00. The smallest absolute Gasteiger partial charge is 0.230 e. The number of thiophene rings is 1. The van der Waals surface area contributed by atoms with Crippen LogP contribution in [0.1, 0.15) is 4.88 Å². The first-order chi connectivity index (χ1) is 9.22. The van der Waals surface area contributed by atoms with Crippen LogP contribution >= 0.6 is 22.9 Å². The van der Waals surface area contributed by atoms with Gasteiger partial charge in [-0.1, -0.05) is 0 Å².